The summed E-state index contributed by atoms with van der Waals surface area (Å²) in [5.41, 5.74) is 2.11. The van der Waals surface area contributed by atoms with Gasteiger partial charge in [0.05, 0.1) is 0 Å². The summed E-state index contributed by atoms with van der Waals surface area (Å²) in [5.74, 6) is 1.20. The summed E-state index contributed by atoms with van der Waals surface area (Å²) >= 11 is 9.70. The highest BCUT2D eigenvalue weighted by Gasteiger charge is 2.20. The van der Waals surface area contributed by atoms with E-state index in [9.17, 15) is 0 Å². The normalized spacial score (nSPS) is 14.2. The van der Waals surface area contributed by atoms with Gasteiger partial charge in [-0.15, -0.1) is 0 Å². The lowest BCUT2D eigenvalue weighted by Gasteiger charge is -2.10. The third-order valence-corrected chi connectivity index (χ3v) is 4.14. The van der Waals surface area contributed by atoms with E-state index in [1.807, 2.05) is 37.4 Å². The van der Waals surface area contributed by atoms with Crippen LogP contribution in [0.2, 0.25) is 5.02 Å². The number of ether oxygens (including phenoxy) is 1. The number of aryl methyl sites for hydroxylation is 1. The molecule has 5 heteroatoms. The van der Waals surface area contributed by atoms with E-state index in [0.717, 1.165) is 27.9 Å². The molecule has 1 aliphatic carbocycles. The molecule has 1 aromatic heterocycles. The maximum atomic E-state index is 6.27. The van der Waals surface area contributed by atoms with Crippen LogP contribution in [0, 0.1) is 6.92 Å². The predicted molar refractivity (Wildman–Crippen MR) is 88.1 cm³/mol. The fourth-order valence-electron chi connectivity index (χ4n) is 2.02. The van der Waals surface area contributed by atoms with Crippen molar-refractivity contribution in [3.63, 3.8) is 0 Å². The van der Waals surface area contributed by atoms with Crippen LogP contribution in [0.1, 0.15) is 24.0 Å². The van der Waals surface area contributed by atoms with Crippen molar-refractivity contribution in [3.05, 3.63) is 51.1 Å². The second-order valence-corrected chi connectivity index (χ2v) is 6.62. The minimum atomic E-state index is 0.442. The lowest BCUT2D eigenvalue weighted by Crippen LogP contribution is -2.15. The molecule has 1 aliphatic rings. The zero-order valence-electron chi connectivity index (χ0n) is 11.7. The molecule has 0 amide bonds. The Hall–Kier alpha value is -1.10. The minimum absolute atomic E-state index is 0.442. The molecule has 1 heterocycles. The van der Waals surface area contributed by atoms with Gasteiger partial charge in [-0.05, 0) is 55.2 Å². The van der Waals surface area contributed by atoms with Crippen molar-refractivity contribution in [2.24, 2.45) is 0 Å². The van der Waals surface area contributed by atoms with Crippen LogP contribution in [0.3, 0.4) is 0 Å². The number of halogens is 2. The highest BCUT2D eigenvalue weighted by atomic mass is 79.9. The Balaban J connectivity index is 1.72. The van der Waals surface area contributed by atoms with Crippen LogP contribution in [0.15, 0.2) is 34.9 Å². The Morgan fingerprint density at radius 1 is 1.38 bits per heavy atom. The van der Waals surface area contributed by atoms with Gasteiger partial charge >= 0.3 is 0 Å². The topological polar surface area (TPSA) is 34.1 Å². The molecule has 1 saturated carbocycles. The van der Waals surface area contributed by atoms with Gasteiger partial charge in [0.2, 0.25) is 5.88 Å². The number of pyridine rings is 1. The Kier molecular flexibility index (Phi) is 4.48. The number of benzene rings is 1. The monoisotopic (exact) mass is 366 g/mol. The minimum Gasteiger partial charge on any atom is -0.437 e. The molecular formula is C16H16BrClN2O. The Bertz CT molecular complexity index is 659. The zero-order chi connectivity index (χ0) is 14.8. The molecule has 0 aliphatic heterocycles. The number of hydrogen-bond acceptors (Lipinski definition) is 3. The summed E-state index contributed by atoms with van der Waals surface area (Å²) < 4.78 is 6.82. The summed E-state index contributed by atoms with van der Waals surface area (Å²) in [4.78, 5) is 4.33. The number of hydrogen-bond donors (Lipinski definition) is 1. The average molecular weight is 368 g/mol. The van der Waals surface area contributed by atoms with Crippen LogP contribution in [0.4, 0.5) is 0 Å². The molecule has 2 aromatic rings. The van der Waals surface area contributed by atoms with Gasteiger partial charge in [-0.1, -0.05) is 27.5 Å². The highest BCUT2D eigenvalue weighted by molar-refractivity contribution is 9.10. The van der Waals surface area contributed by atoms with Crippen LogP contribution in [-0.4, -0.2) is 11.0 Å². The number of rotatable bonds is 5. The second kappa shape index (κ2) is 6.34. The van der Waals surface area contributed by atoms with Gasteiger partial charge in [-0.3, -0.25) is 0 Å². The number of nitrogens with one attached hydrogen (secondary N) is 1. The van der Waals surface area contributed by atoms with Crippen molar-refractivity contribution in [1.82, 2.24) is 10.3 Å². The molecule has 0 spiro atoms. The van der Waals surface area contributed by atoms with E-state index < -0.39 is 0 Å². The molecule has 1 fully saturated rings. The van der Waals surface area contributed by atoms with Gasteiger partial charge < -0.3 is 10.1 Å². The van der Waals surface area contributed by atoms with Gasteiger partial charge in [0.1, 0.15) is 10.8 Å². The third kappa shape index (κ3) is 3.96. The lowest BCUT2D eigenvalue weighted by atomic mass is 10.2. The smallest absolute Gasteiger partial charge is 0.238 e. The quantitative estimate of drug-likeness (QED) is 0.820. The van der Waals surface area contributed by atoms with Crippen molar-refractivity contribution in [1.29, 1.82) is 0 Å². The van der Waals surface area contributed by atoms with Crippen LogP contribution in [-0.2, 0) is 6.54 Å². The SMILES string of the molecule is Cc1cc(Br)ccc1Oc1ncc(CNC2CC2)cc1Cl. The zero-order valence-corrected chi connectivity index (χ0v) is 14.0. The molecule has 110 valence electrons. The first-order valence-electron chi connectivity index (χ1n) is 6.93. The van der Waals surface area contributed by atoms with Gasteiger partial charge in [0.25, 0.3) is 0 Å². The molecule has 3 rings (SSSR count). The molecule has 21 heavy (non-hydrogen) atoms. The van der Waals surface area contributed by atoms with E-state index in [0.29, 0.717) is 16.9 Å². The van der Waals surface area contributed by atoms with E-state index in [4.69, 9.17) is 16.3 Å². The molecule has 0 atom stereocenters. The van der Waals surface area contributed by atoms with E-state index >= 15 is 0 Å². The van der Waals surface area contributed by atoms with Gasteiger partial charge in [-0.25, -0.2) is 4.98 Å². The van der Waals surface area contributed by atoms with Crippen molar-refractivity contribution in [3.8, 4) is 11.6 Å². The predicted octanol–water partition coefficient (Wildman–Crippen LogP) is 4.85. The summed E-state index contributed by atoms with van der Waals surface area (Å²) in [7, 11) is 0. The molecule has 1 N–H and O–H groups in total. The van der Waals surface area contributed by atoms with Crippen molar-refractivity contribution in [2.75, 3.05) is 0 Å². The standard InChI is InChI=1S/C16H16BrClN2O/c1-10-6-12(17)2-5-15(10)21-16-14(18)7-11(9-20-16)8-19-13-3-4-13/h2,5-7,9,13,19H,3-4,8H2,1H3. The average Bonchev–Trinajstić information content (AvgIpc) is 3.26. The molecule has 0 radical (unpaired) electrons. The first kappa shape index (κ1) is 14.8. The van der Waals surface area contributed by atoms with Crippen LogP contribution in [0.5, 0.6) is 11.6 Å². The second-order valence-electron chi connectivity index (χ2n) is 5.30. The lowest BCUT2D eigenvalue weighted by molar-refractivity contribution is 0.459. The fraction of sp³-hybridized carbons (Fsp3) is 0.312. The molecule has 3 nitrogen and oxygen atoms in total. The summed E-state index contributed by atoms with van der Waals surface area (Å²) in [6.45, 7) is 2.79. The van der Waals surface area contributed by atoms with Crippen LogP contribution in [0.25, 0.3) is 0 Å². The molecule has 0 saturated heterocycles. The molecule has 0 unspecified atom stereocenters. The van der Waals surface area contributed by atoms with Gasteiger partial charge in [0, 0.05) is 23.3 Å². The summed E-state index contributed by atoms with van der Waals surface area (Å²) in [6.07, 6.45) is 4.35. The van der Waals surface area contributed by atoms with Crippen LogP contribution < -0.4 is 10.1 Å². The van der Waals surface area contributed by atoms with Gasteiger partial charge in [-0.2, -0.15) is 0 Å². The maximum absolute atomic E-state index is 6.27. The fourth-order valence-corrected chi connectivity index (χ4v) is 2.72. The van der Waals surface area contributed by atoms with Crippen molar-refractivity contribution >= 4 is 27.5 Å². The van der Waals surface area contributed by atoms with Gasteiger partial charge in [0.15, 0.2) is 0 Å². The largest absolute Gasteiger partial charge is 0.437 e. The molecular weight excluding hydrogens is 352 g/mol. The Morgan fingerprint density at radius 2 is 2.19 bits per heavy atom. The van der Waals surface area contributed by atoms with E-state index in [-0.39, 0.29) is 0 Å². The maximum Gasteiger partial charge on any atom is 0.238 e. The van der Waals surface area contributed by atoms with Crippen LogP contribution >= 0.6 is 27.5 Å². The number of aromatic nitrogens is 1. The first-order chi connectivity index (χ1) is 10.1. The first-order valence-corrected chi connectivity index (χ1v) is 8.11. The Labute approximate surface area is 137 Å². The molecule has 1 aromatic carbocycles. The van der Waals surface area contributed by atoms with E-state index in [1.54, 1.807) is 0 Å². The highest BCUT2D eigenvalue weighted by Crippen LogP contribution is 2.31. The third-order valence-electron chi connectivity index (χ3n) is 3.38. The van der Waals surface area contributed by atoms with E-state index in [2.05, 4.69) is 26.2 Å². The molecule has 0 bridgehead atoms. The summed E-state index contributed by atoms with van der Waals surface area (Å²) in [6, 6.07) is 8.42. The summed E-state index contributed by atoms with van der Waals surface area (Å²) in [5, 5.41) is 3.97. The number of nitrogens with zero attached hydrogens (tertiary/aromatic N) is 1. The van der Waals surface area contributed by atoms with Crippen molar-refractivity contribution < 1.29 is 4.74 Å². The van der Waals surface area contributed by atoms with E-state index in [1.165, 1.54) is 12.8 Å². The van der Waals surface area contributed by atoms with Crippen molar-refractivity contribution in [2.45, 2.75) is 32.4 Å². The Morgan fingerprint density at radius 3 is 2.86 bits per heavy atom.